The molecule has 4 heteroatoms. The van der Waals surface area contributed by atoms with E-state index < -0.39 is 0 Å². The number of para-hydroxylation sites is 1. The molecule has 1 aliphatic heterocycles. The molecule has 1 aromatic carbocycles. The molecule has 1 fully saturated rings. The second kappa shape index (κ2) is 8.18. The van der Waals surface area contributed by atoms with Gasteiger partial charge >= 0.3 is 0 Å². The lowest BCUT2D eigenvalue weighted by molar-refractivity contribution is -0.134. The Morgan fingerprint density at radius 3 is 2.86 bits per heavy atom. The van der Waals surface area contributed by atoms with E-state index in [1.54, 1.807) is 12.1 Å². The van der Waals surface area contributed by atoms with Crippen LogP contribution in [0.25, 0.3) is 0 Å². The molecule has 0 aliphatic carbocycles. The second-order valence-electron chi connectivity index (χ2n) is 6.25. The van der Waals surface area contributed by atoms with Crippen LogP contribution in [0.1, 0.15) is 45.1 Å². The molecule has 0 unspecified atom stereocenters. The van der Waals surface area contributed by atoms with Gasteiger partial charge in [-0.1, -0.05) is 18.2 Å². The fourth-order valence-electron chi connectivity index (χ4n) is 2.99. The lowest BCUT2D eigenvalue weighted by atomic mass is 9.98. The number of aromatic hydroxyl groups is 1. The van der Waals surface area contributed by atoms with Crippen molar-refractivity contribution >= 4 is 5.91 Å². The van der Waals surface area contributed by atoms with E-state index in [0.29, 0.717) is 12.2 Å². The SMILES string of the molecule is CC(C)OCC[C@H]1CCCCN1C(=O)Cc1ccccc1O. The third-order valence-corrected chi connectivity index (χ3v) is 4.18. The van der Waals surface area contributed by atoms with Gasteiger partial charge in [0, 0.05) is 24.8 Å². The molecule has 122 valence electrons. The van der Waals surface area contributed by atoms with Crippen LogP contribution in [0.2, 0.25) is 0 Å². The van der Waals surface area contributed by atoms with Crippen LogP contribution in [0.15, 0.2) is 24.3 Å². The highest BCUT2D eigenvalue weighted by atomic mass is 16.5. The van der Waals surface area contributed by atoms with E-state index >= 15 is 0 Å². The quantitative estimate of drug-likeness (QED) is 0.878. The van der Waals surface area contributed by atoms with Gasteiger partial charge in [0.2, 0.25) is 5.91 Å². The van der Waals surface area contributed by atoms with Gasteiger partial charge in [-0.3, -0.25) is 4.79 Å². The normalized spacial score (nSPS) is 18.7. The Bertz CT molecular complexity index is 487. The Kier molecular flexibility index (Phi) is 6.25. The van der Waals surface area contributed by atoms with Gasteiger partial charge in [-0.05, 0) is 45.6 Å². The first-order chi connectivity index (χ1) is 10.6. The predicted octanol–water partition coefficient (Wildman–Crippen LogP) is 3.13. The number of piperidine rings is 1. The minimum absolute atomic E-state index is 0.107. The Morgan fingerprint density at radius 2 is 2.14 bits per heavy atom. The third kappa shape index (κ3) is 4.73. The molecule has 1 saturated heterocycles. The van der Waals surface area contributed by atoms with Gasteiger partial charge in [0.1, 0.15) is 5.75 Å². The molecule has 0 spiro atoms. The summed E-state index contributed by atoms with van der Waals surface area (Å²) in [5.74, 6) is 0.309. The molecule has 1 aromatic rings. The number of hydrogen-bond acceptors (Lipinski definition) is 3. The second-order valence-corrected chi connectivity index (χ2v) is 6.25. The van der Waals surface area contributed by atoms with Crippen LogP contribution in [-0.4, -0.2) is 41.2 Å². The maximum absolute atomic E-state index is 12.6. The fraction of sp³-hybridized carbons (Fsp3) is 0.611. The average molecular weight is 305 g/mol. The summed E-state index contributed by atoms with van der Waals surface area (Å²) >= 11 is 0. The molecule has 2 rings (SSSR count). The number of carbonyl (C=O) groups is 1. The molecule has 0 saturated carbocycles. The van der Waals surface area contributed by atoms with E-state index in [9.17, 15) is 9.90 Å². The van der Waals surface area contributed by atoms with E-state index in [2.05, 4.69) is 0 Å². The first-order valence-corrected chi connectivity index (χ1v) is 8.26. The smallest absolute Gasteiger partial charge is 0.227 e. The summed E-state index contributed by atoms with van der Waals surface area (Å²) < 4.78 is 5.63. The van der Waals surface area contributed by atoms with Crippen LogP contribution in [0, 0.1) is 0 Å². The minimum atomic E-state index is 0.107. The van der Waals surface area contributed by atoms with Crippen molar-refractivity contribution in [2.24, 2.45) is 0 Å². The summed E-state index contributed by atoms with van der Waals surface area (Å²) in [6, 6.07) is 7.34. The van der Waals surface area contributed by atoms with Gasteiger partial charge in [-0.2, -0.15) is 0 Å². The first kappa shape index (κ1) is 16.8. The maximum atomic E-state index is 12.6. The van der Waals surface area contributed by atoms with Crippen molar-refractivity contribution in [2.45, 2.75) is 58.1 Å². The van der Waals surface area contributed by atoms with Crippen LogP contribution in [-0.2, 0) is 16.0 Å². The van der Waals surface area contributed by atoms with Crippen LogP contribution < -0.4 is 0 Å². The van der Waals surface area contributed by atoms with Gasteiger partial charge in [-0.25, -0.2) is 0 Å². The molecule has 0 bridgehead atoms. The predicted molar refractivity (Wildman–Crippen MR) is 86.9 cm³/mol. The van der Waals surface area contributed by atoms with E-state index in [-0.39, 0.29) is 30.2 Å². The highest BCUT2D eigenvalue weighted by Crippen LogP contribution is 2.23. The topological polar surface area (TPSA) is 49.8 Å². The maximum Gasteiger partial charge on any atom is 0.227 e. The van der Waals surface area contributed by atoms with E-state index in [0.717, 1.165) is 25.8 Å². The Hall–Kier alpha value is -1.55. The number of rotatable bonds is 6. The standard InChI is InChI=1S/C18H27NO3/c1-14(2)22-12-10-16-8-5-6-11-19(16)18(21)13-15-7-3-4-9-17(15)20/h3-4,7,9,14,16,20H,5-6,8,10-13H2,1-2H3/t16-/m1/s1. The van der Waals surface area contributed by atoms with Gasteiger partial charge in [-0.15, -0.1) is 0 Å². The Morgan fingerprint density at radius 1 is 1.36 bits per heavy atom. The minimum Gasteiger partial charge on any atom is -0.508 e. The van der Waals surface area contributed by atoms with Crippen LogP contribution in [0.3, 0.4) is 0 Å². The first-order valence-electron chi connectivity index (χ1n) is 8.26. The van der Waals surface area contributed by atoms with Crippen LogP contribution >= 0.6 is 0 Å². The zero-order valence-electron chi connectivity index (χ0n) is 13.6. The summed E-state index contributed by atoms with van der Waals surface area (Å²) in [5, 5.41) is 9.84. The van der Waals surface area contributed by atoms with Gasteiger partial charge in [0.25, 0.3) is 0 Å². The van der Waals surface area contributed by atoms with E-state index in [1.165, 1.54) is 6.42 Å². The fourth-order valence-corrected chi connectivity index (χ4v) is 2.99. The summed E-state index contributed by atoms with van der Waals surface area (Å²) in [7, 11) is 0. The number of benzene rings is 1. The number of hydrogen-bond donors (Lipinski definition) is 1. The highest BCUT2D eigenvalue weighted by molar-refractivity contribution is 5.79. The summed E-state index contributed by atoms with van der Waals surface area (Å²) in [6.07, 6.45) is 4.68. The number of phenolic OH excluding ortho intramolecular Hbond substituents is 1. The number of ether oxygens (including phenoxy) is 1. The van der Waals surface area contributed by atoms with Crippen molar-refractivity contribution in [1.29, 1.82) is 0 Å². The summed E-state index contributed by atoms with van der Waals surface area (Å²) in [6.45, 7) is 5.57. The molecule has 0 aromatic heterocycles. The number of phenols is 1. The van der Waals surface area contributed by atoms with Gasteiger partial charge in [0.15, 0.2) is 0 Å². The van der Waals surface area contributed by atoms with Crippen molar-refractivity contribution in [2.75, 3.05) is 13.2 Å². The van der Waals surface area contributed by atoms with E-state index in [4.69, 9.17) is 4.74 Å². The van der Waals surface area contributed by atoms with Crippen LogP contribution in [0.4, 0.5) is 0 Å². The molecule has 1 aliphatic rings. The number of amides is 1. The summed E-state index contributed by atoms with van der Waals surface area (Å²) in [5.41, 5.74) is 0.704. The average Bonchev–Trinajstić information content (AvgIpc) is 2.49. The van der Waals surface area contributed by atoms with Gasteiger partial charge in [0.05, 0.1) is 12.5 Å². The molecule has 1 heterocycles. The monoisotopic (exact) mass is 305 g/mol. The summed E-state index contributed by atoms with van der Waals surface area (Å²) in [4.78, 5) is 14.6. The molecule has 0 radical (unpaired) electrons. The van der Waals surface area contributed by atoms with Crippen molar-refractivity contribution in [1.82, 2.24) is 4.90 Å². The highest BCUT2D eigenvalue weighted by Gasteiger charge is 2.26. The molecule has 4 nitrogen and oxygen atoms in total. The van der Waals surface area contributed by atoms with Crippen molar-refractivity contribution in [3.8, 4) is 5.75 Å². The largest absolute Gasteiger partial charge is 0.508 e. The van der Waals surface area contributed by atoms with Gasteiger partial charge < -0.3 is 14.7 Å². The lowest BCUT2D eigenvalue weighted by Gasteiger charge is -2.36. The molecular formula is C18H27NO3. The zero-order chi connectivity index (χ0) is 15.9. The Labute approximate surface area is 133 Å². The number of carbonyl (C=O) groups excluding carboxylic acids is 1. The van der Waals surface area contributed by atoms with E-state index in [1.807, 2.05) is 30.9 Å². The van der Waals surface area contributed by atoms with Crippen molar-refractivity contribution in [3.05, 3.63) is 29.8 Å². The third-order valence-electron chi connectivity index (χ3n) is 4.18. The molecule has 1 amide bonds. The molecule has 22 heavy (non-hydrogen) atoms. The Balaban J connectivity index is 1.94. The van der Waals surface area contributed by atoms with Crippen LogP contribution in [0.5, 0.6) is 5.75 Å². The molecular weight excluding hydrogens is 278 g/mol. The zero-order valence-corrected chi connectivity index (χ0v) is 13.6. The number of nitrogens with zero attached hydrogens (tertiary/aromatic N) is 1. The molecule has 1 atom stereocenters. The number of likely N-dealkylation sites (tertiary alicyclic amines) is 1. The lowest BCUT2D eigenvalue weighted by Crippen LogP contribution is -2.45. The van der Waals surface area contributed by atoms with Crippen molar-refractivity contribution in [3.63, 3.8) is 0 Å². The molecule has 1 N–H and O–H groups in total. The van der Waals surface area contributed by atoms with Crippen molar-refractivity contribution < 1.29 is 14.6 Å².